The number of aliphatic hydroxyl groups is 4. The monoisotopic (exact) mass is 460 g/mol. The standard InChI is InChI=1S/2C10H22O4.Ti/c2*1-9(2,3)13-8(7(11)12)14-10(4,5)6;/h2*7-8,11-12H,1-6H3;. The normalized spacial score (nSPS) is 13.7. The second-order valence-electron chi connectivity index (χ2n) is 10.5. The van der Waals surface area contributed by atoms with Crippen LogP contribution in [0, 0.1) is 0 Å². The molecule has 0 amide bonds. The molecule has 9 heteroatoms. The molecule has 0 saturated heterocycles. The molecule has 0 bridgehead atoms. The minimum Gasteiger partial charge on any atom is -0.364 e. The van der Waals surface area contributed by atoms with E-state index >= 15 is 0 Å². The van der Waals surface area contributed by atoms with Crippen molar-refractivity contribution >= 4 is 0 Å². The van der Waals surface area contributed by atoms with E-state index in [0.29, 0.717) is 0 Å². The quantitative estimate of drug-likeness (QED) is 0.353. The van der Waals surface area contributed by atoms with E-state index in [1.54, 1.807) is 0 Å². The van der Waals surface area contributed by atoms with Gasteiger partial charge in [-0.15, -0.1) is 0 Å². The molecule has 29 heavy (non-hydrogen) atoms. The second-order valence-corrected chi connectivity index (χ2v) is 10.5. The first-order valence-electron chi connectivity index (χ1n) is 9.46. The zero-order valence-corrected chi connectivity index (χ0v) is 21.8. The fraction of sp³-hybridized carbons (Fsp3) is 1.00. The summed E-state index contributed by atoms with van der Waals surface area (Å²) in [5, 5.41) is 36.2. The van der Waals surface area contributed by atoms with E-state index in [4.69, 9.17) is 39.4 Å². The summed E-state index contributed by atoms with van der Waals surface area (Å²) in [7, 11) is 0. The molecule has 0 aliphatic rings. The molecule has 176 valence electrons. The van der Waals surface area contributed by atoms with Gasteiger partial charge in [0.25, 0.3) is 0 Å². The summed E-state index contributed by atoms with van der Waals surface area (Å²) in [4.78, 5) is 0. The van der Waals surface area contributed by atoms with Crippen molar-refractivity contribution in [2.45, 2.75) is 131 Å². The summed E-state index contributed by atoms with van der Waals surface area (Å²) in [6.07, 6.45) is -5.30. The summed E-state index contributed by atoms with van der Waals surface area (Å²) >= 11 is 0. The van der Waals surface area contributed by atoms with Crippen molar-refractivity contribution in [1.29, 1.82) is 0 Å². The molecule has 0 fully saturated rings. The minimum atomic E-state index is -1.63. The maximum absolute atomic E-state index is 9.04. The van der Waals surface area contributed by atoms with Gasteiger partial charge < -0.3 is 39.4 Å². The van der Waals surface area contributed by atoms with Gasteiger partial charge in [0.15, 0.2) is 0 Å². The van der Waals surface area contributed by atoms with Crippen LogP contribution in [0.4, 0.5) is 0 Å². The van der Waals surface area contributed by atoms with Crippen molar-refractivity contribution in [3.8, 4) is 0 Å². The van der Waals surface area contributed by atoms with Crippen LogP contribution >= 0.6 is 0 Å². The SMILES string of the molecule is CC(C)(C)OC(OC(C)(C)C)C(O)O.CC(C)(C)OC(OC(C)(C)C)C(O)O.[Ti]. The number of aliphatic hydroxyl groups excluding tert-OH is 2. The smallest absolute Gasteiger partial charge is 0.210 e. The van der Waals surface area contributed by atoms with Gasteiger partial charge in [-0.3, -0.25) is 0 Å². The van der Waals surface area contributed by atoms with Crippen LogP contribution in [0.2, 0.25) is 0 Å². The van der Waals surface area contributed by atoms with Crippen LogP contribution in [-0.2, 0) is 40.7 Å². The Labute approximate surface area is 191 Å². The first kappa shape index (κ1) is 34.0. The molecule has 0 aliphatic carbocycles. The first-order valence-corrected chi connectivity index (χ1v) is 9.46. The van der Waals surface area contributed by atoms with Crippen molar-refractivity contribution in [3.63, 3.8) is 0 Å². The molecule has 0 aromatic heterocycles. The molecular formula is C20H44O8Ti. The fourth-order valence-corrected chi connectivity index (χ4v) is 1.69. The van der Waals surface area contributed by atoms with Crippen molar-refractivity contribution in [2.75, 3.05) is 0 Å². The van der Waals surface area contributed by atoms with Gasteiger partial charge in [0.05, 0.1) is 22.4 Å². The van der Waals surface area contributed by atoms with Crippen molar-refractivity contribution in [2.24, 2.45) is 0 Å². The van der Waals surface area contributed by atoms with Gasteiger partial charge in [0, 0.05) is 21.7 Å². The van der Waals surface area contributed by atoms with E-state index < -0.39 is 47.6 Å². The Morgan fingerprint density at radius 3 is 0.621 bits per heavy atom. The van der Waals surface area contributed by atoms with Gasteiger partial charge in [-0.2, -0.15) is 0 Å². The third-order valence-corrected chi connectivity index (χ3v) is 2.37. The van der Waals surface area contributed by atoms with Crippen molar-refractivity contribution in [1.82, 2.24) is 0 Å². The maximum atomic E-state index is 9.04. The number of rotatable bonds is 6. The summed E-state index contributed by atoms with van der Waals surface area (Å²) in [5.41, 5.74) is -1.89. The average Bonchev–Trinajstić information content (AvgIpc) is 2.30. The second kappa shape index (κ2) is 13.1. The topological polar surface area (TPSA) is 118 Å². The van der Waals surface area contributed by atoms with E-state index in [-0.39, 0.29) is 21.7 Å². The number of hydrogen-bond acceptors (Lipinski definition) is 8. The molecule has 0 spiro atoms. The molecule has 0 heterocycles. The van der Waals surface area contributed by atoms with Gasteiger partial charge >= 0.3 is 0 Å². The van der Waals surface area contributed by atoms with E-state index in [9.17, 15) is 0 Å². The van der Waals surface area contributed by atoms with Gasteiger partial charge in [-0.25, -0.2) is 0 Å². The van der Waals surface area contributed by atoms with Gasteiger partial charge in [-0.05, 0) is 83.1 Å². The van der Waals surface area contributed by atoms with Crippen LogP contribution in [0.1, 0.15) is 83.1 Å². The van der Waals surface area contributed by atoms with Crippen molar-refractivity contribution in [3.05, 3.63) is 0 Å². The minimum absolute atomic E-state index is 0. The molecular weight excluding hydrogens is 416 g/mol. The van der Waals surface area contributed by atoms with E-state index in [1.165, 1.54) is 0 Å². The summed E-state index contributed by atoms with van der Waals surface area (Å²) in [5.74, 6) is 0. The third kappa shape index (κ3) is 24.5. The van der Waals surface area contributed by atoms with Crippen LogP contribution in [0.5, 0.6) is 0 Å². The van der Waals surface area contributed by atoms with Gasteiger partial charge in [0.2, 0.25) is 25.2 Å². The molecule has 8 nitrogen and oxygen atoms in total. The van der Waals surface area contributed by atoms with E-state index in [0.717, 1.165) is 0 Å². The number of hydrogen-bond donors (Lipinski definition) is 4. The molecule has 0 aromatic rings. The Balaban J connectivity index is -0.000000451. The third-order valence-electron chi connectivity index (χ3n) is 2.37. The fourth-order valence-electron chi connectivity index (χ4n) is 1.69. The number of ether oxygens (including phenoxy) is 4. The Hall–Kier alpha value is 0.394. The van der Waals surface area contributed by atoms with Gasteiger partial charge in [-0.1, -0.05) is 0 Å². The Kier molecular flexibility index (Phi) is 15.3. The Morgan fingerprint density at radius 2 is 0.552 bits per heavy atom. The first-order chi connectivity index (χ1) is 12.0. The molecule has 0 rings (SSSR count). The maximum Gasteiger partial charge on any atom is 0.210 e. The predicted molar refractivity (Wildman–Crippen MR) is 107 cm³/mol. The zero-order valence-electron chi connectivity index (χ0n) is 20.2. The van der Waals surface area contributed by atoms with Crippen LogP contribution in [-0.4, -0.2) is 68.0 Å². The molecule has 4 N–H and O–H groups in total. The molecule has 0 aliphatic heterocycles. The Morgan fingerprint density at radius 1 is 0.414 bits per heavy atom. The van der Waals surface area contributed by atoms with E-state index in [2.05, 4.69) is 0 Å². The van der Waals surface area contributed by atoms with Crippen LogP contribution in [0.25, 0.3) is 0 Å². The van der Waals surface area contributed by atoms with Crippen LogP contribution < -0.4 is 0 Å². The summed E-state index contributed by atoms with van der Waals surface area (Å²) in [6.45, 7) is 21.9. The largest absolute Gasteiger partial charge is 0.364 e. The molecule has 0 saturated carbocycles. The molecule has 0 aromatic carbocycles. The molecule has 0 atom stereocenters. The zero-order chi connectivity index (χ0) is 23.1. The summed E-state index contributed by atoms with van der Waals surface area (Å²) < 4.78 is 21.4. The molecule has 0 unspecified atom stereocenters. The summed E-state index contributed by atoms with van der Waals surface area (Å²) in [6, 6.07) is 0. The Bertz CT molecular complexity index is 342. The van der Waals surface area contributed by atoms with Crippen LogP contribution in [0.3, 0.4) is 0 Å². The van der Waals surface area contributed by atoms with Crippen LogP contribution in [0.15, 0.2) is 0 Å². The van der Waals surface area contributed by atoms with Crippen molar-refractivity contribution < 1.29 is 61.1 Å². The average molecular weight is 460 g/mol. The molecule has 0 radical (unpaired) electrons. The predicted octanol–water partition coefficient (Wildman–Crippen LogP) is 2.50. The van der Waals surface area contributed by atoms with Gasteiger partial charge in [0.1, 0.15) is 0 Å². The van der Waals surface area contributed by atoms with E-state index in [1.807, 2.05) is 83.1 Å².